The van der Waals surface area contributed by atoms with Crippen molar-refractivity contribution >= 4 is 15.9 Å². The molecule has 0 bridgehead atoms. The summed E-state index contributed by atoms with van der Waals surface area (Å²) in [5.41, 5.74) is 3.67. The highest BCUT2D eigenvalue weighted by Crippen LogP contribution is 2.30. The van der Waals surface area contributed by atoms with Crippen LogP contribution in [-0.2, 0) is 22.9 Å². The Morgan fingerprint density at radius 3 is 2.71 bits per heavy atom. The topological polar surface area (TPSA) is 84.3 Å². The van der Waals surface area contributed by atoms with E-state index in [0.717, 1.165) is 61.7 Å². The SMILES string of the molecule is CS(=O)(=O)NCC1CCCCN1C(=O)c1nn(-c2ccccc2)c2c1CCC2. The summed E-state index contributed by atoms with van der Waals surface area (Å²) in [6.45, 7) is 0.897. The highest BCUT2D eigenvalue weighted by molar-refractivity contribution is 7.88. The van der Waals surface area contributed by atoms with E-state index in [1.807, 2.05) is 39.9 Å². The molecule has 1 amide bonds. The lowest BCUT2D eigenvalue weighted by atomic mass is 10.0. The van der Waals surface area contributed by atoms with Crippen LogP contribution in [0, 0.1) is 0 Å². The van der Waals surface area contributed by atoms with Crippen molar-refractivity contribution < 1.29 is 13.2 Å². The van der Waals surface area contributed by atoms with Crippen LogP contribution in [0.5, 0.6) is 0 Å². The van der Waals surface area contributed by atoms with E-state index in [2.05, 4.69) is 4.72 Å². The van der Waals surface area contributed by atoms with E-state index in [1.165, 1.54) is 0 Å². The van der Waals surface area contributed by atoms with Crippen LogP contribution in [0.15, 0.2) is 30.3 Å². The first-order valence-corrected chi connectivity index (χ1v) is 11.7. The van der Waals surface area contributed by atoms with Crippen LogP contribution in [0.1, 0.15) is 47.4 Å². The average Bonchev–Trinajstić information content (AvgIpc) is 3.29. The molecule has 1 saturated heterocycles. The van der Waals surface area contributed by atoms with E-state index in [4.69, 9.17) is 5.10 Å². The van der Waals surface area contributed by atoms with E-state index in [9.17, 15) is 13.2 Å². The minimum Gasteiger partial charge on any atom is -0.333 e. The normalized spacial score (nSPS) is 19.6. The monoisotopic (exact) mass is 402 g/mol. The minimum absolute atomic E-state index is 0.0761. The zero-order chi connectivity index (χ0) is 19.7. The van der Waals surface area contributed by atoms with Gasteiger partial charge >= 0.3 is 0 Å². The van der Waals surface area contributed by atoms with Gasteiger partial charge in [-0.1, -0.05) is 18.2 Å². The van der Waals surface area contributed by atoms with Crippen molar-refractivity contribution in [2.24, 2.45) is 0 Å². The summed E-state index contributed by atoms with van der Waals surface area (Å²) in [6, 6.07) is 9.77. The number of sulfonamides is 1. The van der Waals surface area contributed by atoms with Crippen molar-refractivity contribution in [2.75, 3.05) is 19.3 Å². The van der Waals surface area contributed by atoms with Crippen molar-refractivity contribution in [3.05, 3.63) is 47.3 Å². The number of nitrogens with one attached hydrogen (secondary N) is 1. The molecule has 8 heteroatoms. The fourth-order valence-electron chi connectivity index (χ4n) is 4.26. The Hall–Kier alpha value is -2.19. The number of para-hydroxylation sites is 1. The van der Waals surface area contributed by atoms with Gasteiger partial charge in [0.15, 0.2) is 5.69 Å². The Kier molecular flexibility index (Phi) is 5.25. The third kappa shape index (κ3) is 3.84. The van der Waals surface area contributed by atoms with Crippen LogP contribution in [0.4, 0.5) is 0 Å². The Bertz CT molecular complexity index is 969. The fraction of sp³-hybridized carbons (Fsp3) is 0.500. The van der Waals surface area contributed by atoms with Gasteiger partial charge in [0.2, 0.25) is 10.0 Å². The lowest BCUT2D eigenvalue weighted by molar-refractivity contribution is 0.0611. The smallest absolute Gasteiger partial charge is 0.274 e. The van der Waals surface area contributed by atoms with Crippen LogP contribution in [-0.4, -0.2) is 54.4 Å². The Balaban J connectivity index is 1.64. The highest BCUT2D eigenvalue weighted by Gasteiger charge is 2.33. The van der Waals surface area contributed by atoms with Crippen LogP contribution >= 0.6 is 0 Å². The Morgan fingerprint density at radius 1 is 1.18 bits per heavy atom. The first-order chi connectivity index (χ1) is 13.4. The number of benzene rings is 1. The summed E-state index contributed by atoms with van der Waals surface area (Å²) < 4.78 is 27.5. The van der Waals surface area contributed by atoms with Gasteiger partial charge in [-0.3, -0.25) is 4.79 Å². The zero-order valence-corrected chi connectivity index (χ0v) is 16.9. The van der Waals surface area contributed by atoms with Crippen LogP contribution < -0.4 is 4.72 Å². The molecule has 1 aromatic carbocycles. The molecule has 1 fully saturated rings. The second-order valence-electron chi connectivity index (χ2n) is 7.64. The van der Waals surface area contributed by atoms with Gasteiger partial charge in [-0.25, -0.2) is 17.8 Å². The molecule has 1 atom stereocenters. The molecule has 1 N–H and O–H groups in total. The number of fused-ring (bicyclic) bond motifs is 1. The molecule has 1 aliphatic carbocycles. The Morgan fingerprint density at radius 2 is 1.96 bits per heavy atom. The molecular weight excluding hydrogens is 376 g/mol. The molecule has 0 spiro atoms. The fourth-order valence-corrected chi connectivity index (χ4v) is 4.75. The van der Waals surface area contributed by atoms with Gasteiger partial charge < -0.3 is 4.90 Å². The molecule has 2 heterocycles. The van der Waals surface area contributed by atoms with E-state index >= 15 is 0 Å². The maximum Gasteiger partial charge on any atom is 0.274 e. The maximum absolute atomic E-state index is 13.4. The molecule has 28 heavy (non-hydrogen) atoms. The van der Waals surface area contributed by atoms with Gasteiger partial charge in [0.05, 0.1) is 11.9 Å². The standard InChI is InChI=1S/C20H26N4O3S/c1-28(26,27)21-14-16-10-5-6-13-23(16)20(25)19-17-11-7-12-18(17)24(22-19)15-8-3-2-4-9-15/h2-4,8-9,16,21H,5-7,10-14H2,1H3. The lowest BCUT2D eigenvalue weighted by Gasteiger charge is -2.35. The number of rotatable bonds is 5. The number of likely N-dealkylation sites (tertiary alicyclic amines) is 1. The first-order valence-electron chi connectivity index (χ1n) is 9.86. The number of carbonyl (C=O) groups is 1. The summed E-state index contributed by atoms with van der Waals surface area (Å²) in [5.74, 6) is -0.0761. The van der Waals surface area contributed by atoms with Crippen molar-refractivity contribution in [3.63, 3.8) is 0 Å². The summed E-state index contributed by atoms with van der Waals surface area (Å²) in [4.78, 5) is 15.2. The number of aromatic nitrogens is 2. The molecule has 1 unspecified atom stereocenters. The molecule has 0 saturated carbocycles. The molecular formula is C20H26N4O3S. The largest absolute Gasteiger partial charge is 0.333 e. The molecule has 1 aromatic heterocycles. The summed E-state index contributed by atoms with van der Waals surface area (Å²) >= 11 is 0. The number of hydrogen-bond acceptors (Lipinski definition) is 4. The number of hydrogen-bond donors (Lipinski definition) is 1. The molecule has 7 nitrogen and oxygen atoms in total. The van der Waals surface area contributed by atoms with Gasteiger partial charge in [0.25, 0.3) is 5.91 Å². The third-order valence-corrected chi connectivity index (χ3v) is 6.29. The molecule has 1 aliphatic heterocycles. The van der Waals surface area contributed by atoms with E-state index in [0.29, 0.717) is 12.2 Å². The summed E-state index contributed by atoms with van der Waals surface area (Å²) in [7, 11) is -3.29. The van der Waals surface area contributed by atoms with Crippen LogP contribution in [0.25, 0.3) is 5.69 Å². The van der Waals surface area contributed by atoms with Crippen molar-refractivity contribution in [1.82, 2.24) is 19.4 Å². The van der Waals surface area contributed by atoms with Gasteiger partial charge in [0.1, 0.15) is 0 Å². The molecule has 2 aliphatic rings. The van der Waals surface area contributed by atoms with E-state index in [-0.39, 0.29) is 18.5 Å². The molecule has 150 valence electrons. The highest BCUT2D eigenvalue weighted by atomic mass is 32.2. The predicted molar refractivity (Wildman–Crippen MR) is 107 cm³/mol. The molecule has 0 radical (unpaired) electrons. The number of nitrogens with zero attached hydrogens (tertiary/aromatic N) is 3. The molecule has 4 rings (SSSR count). The maximum atomic E-state index is 13.4. The van der Waals surface area contributed by atoms with Gasteiger partial charge in [-0.05, 0) is 50.7 Å². The minimum atomic E-state index is -3.29. The first kappa shape index (κ1) is 19.1. The molecule has 2 aromatic rings. The summed E-state index contributed by atoms with van der Waals surface area (Å²) in [5, 5.41) is 4.71. The average molecular weight is 403 g/mol. The quantitative estimate of drug-likeness (QED) is 0.828. The van der Waals surface area contributed by atoms with Gasteiger partial charge in [-0.2, -0.15) is 5.10 Å². The second kappa shape index (κ2) is 7.67. The summed E-state index contributed by atoms with van der Waals surface area (Å²) in [6.07, 6.45) is 6.69. The zero-order valence-electron chi connectivity index (χ0n) is 16.1. The van der Waals surface area contributed by atoms with Crippen molar-refractivity contribution in [2.45, 2.75) is 44.6 Å². The van der Waals surface area contributed by atoms with Crippen LogP contribution in [0.2, 0.25) is 0 Å². The van der Waals surface area contributed by atoms with E-state index < -0.39 is 10.0 Å². The second-order valence-corrected chi connectivity index (χ2v) is 9.48. The van der Waals surface area contributed by atoms with Crippen LogP contribution in [0.3, 0.4) is 0 Å². The number of carbonyl (C=O) groups excluding carboxylic acids is 1. The van der Waals surface area contributed by atoms with Crippen molar-refractivity contribution in [3.8, 4) is 5.69 Å². The lowest BCUT2D eigenvalue weighted by Crippen LogP contribution is -2.49. The number of amides is 1. The third-order valence-electron chi connectivity index (χ3n) is 5.60. The van der Waals surface area contributed by atoms with E-state index in [1.54, 1.807) is 0 Å². The van der Waals surface area contributed by atoms with Gasteiger partial charge in [0, 0.05) is 30.4 Å². The van der Waals surface area contributed by atoms with Gasteiger partial charge in [-0.15, -0.1) is 0 Å². The van der Waals surface area contributed by atoms with Crippen molar-refractivity contribution in [1.29, 1.82) is 0 Å². The number of piperidine rings is 1. The predicted octanol–water partition coefficient (Wildman–Crippen LogP) is 1.90. The Labute approximate surface area is 165 Å².